The topological polar surface area (TPSA) is 47.5 Å². The van der Waals surface area contributed by atoms with Gasteiger partial charge in [0.05, 0.1) is 17.1 Å². The summed E-state index contributed by atoms with van der Waals surface area (Å²) in [6.07, 6.45) is -4.79. The number of nitro benzene ring substituents is 1. The van der Waals surface area contributed by atoms with Crippen LogP contribution in [0.4, 0.5) is 24.5 Å². The van der Waals surface area contributed by atoms with Gasteiger partial charge >= 0.3 is 6.18 Å². The average Bonchev–Trinajstić information content (AvgIpc) is 2.14. The molecular formula is C8H2ClF3N2O2. The summed E-state index contributed by atoms with van der Waals surface area (Å²) in [7, 11) is 0. The Bertz CT molecular complexity index is 493. The van der Waals surface area contributed by atoms with E-state index in [1.54, 1.807) is 0 Å². The lowest BCUT2D eigenvalue weighted by Crippen LogP contribution is -2.06. The Labute approximate surface area is 92.2 Å². The molecule has 84 valence electrons. The summed E-state index contributed by atoms with van der Waals surface area (Å²) < 4.78 is 37.0. The third-order valence-corrected chi connectivity index (χ3v) is 2.00. The van der Waals surface area contributed by atoms with Crippen molar-refractivity contribution in [3.8, 4) is 0 Å². The molecule has 0 fully saturated rings. The summed E-state index contributed by atoms with van der Waals surface area (Å²) in [6.45, 7) is 6.58. The fourth-order valence-electron chi connectivity index (χ4n) is 1.00. The Morgan fingerprint density at radius 2 is 2.00 bits per heavy atom. The zero-order chi connectivity index (χ0) is 12.5. The zero-order valence-corrected chi connectivity index (χ0v) is 8.13. The Balaban J connectivity index is 3.53. The van der Waals surface area contributed by atoms with Crippen LogP contribution in [0.2, 0.25) is 5.02 Å². The second-order valence-corrected chi connectivity index (χ2v) is 3.09. The van der Waals surface area contributed by atoms with E-state index in [1.165, 1.54) is 0 Å². The van der Waals surface area contributed by atoms with Gasteiger partial charge in [-0.2, -0.15) is 13.2 Å². The fourth-order valence-corrected chi connectivity index (χ4v) is 1.27. The van der Waals surface area contributed by atoms with Crippen LogP contribution in [0.25, 0.3) is 4.85 Å². The molecule has 0 amide bonds. The van der Waals surface area contributed by atoms with Crippen LogP contribution in [-0.2, 0) is 6.18 Å². The molecule has 1 rings (SSSR count). The smallest absolute Gasteiger partial charge is 0.260 e. The molecule has 0 atom stereocenters. The molecule has 0 saturated carbocycles. The van der Waals surface area contributed by atoms with E-state index in [0.29, 0.717) is 6.07 Å². The molecule has 4 nitrogen and oxygen atoms in total. The van der Waals surface area contributed by atoms with Crippen molar-refractivity contribution in [1.29, 1.82) is 0 Å². The van der Waals surface area contributed by atoms with Gasteiger partial charge in [-0.05, 0) is 6.07 Å². The fraction of sp³-hybridized carbons (Fsp3) is 0.125. The lowest BCUT2D eigenvalue weighted by atomic mass is 10.1. The Morgan fingerprint density at radius 3 is 2.38 bits per heavy atom. The van der Waals surface area contributed by atoms with E-state index < -0.39 is 33.1 Å². The minimum Gasteiger partial charge on any atom is -0.260 e. The largest absolute Gasteiger partial charge is 0.417 e. The van der Waals surface area contributed by atoms with Gasteiger partial charge in [0.25, 0.3) is 11.4 Å². The van der Waals surface area contributed by atoms with Gasteiger partial charge in [-0.1, -0.05) is 11.6 Å². The molecule has 0 aliphatic carbocycles. The number of hydrogen-bond donors (Lipinski definition) is 0. The van der Waals surface area contributed by atoms with Gasteiger partial charge in [0.15, 0.2) is 0 Å². The Morgan fingerprint density at radius 1 is 1.44 bits per heavy atom. The van der Waals surface area contributed by atoms with Gasteiger partial charge in [-0.15, -0.1) is 0 Å². The molecular weight excluding hydrogens is 249 g/mol. The number of rotatable bonds is 1. The SMILES string of the molecule is [C-]#[N+]c1cc(Cl)c(C(F)(F)F)cc1[N+](=O)[O-]. The third-order valence-electron chi connectivity index (χ3n) is 1.69. The molecule has 0 spiro atoms. The van der Waals surface area contributed by atoms with E-state index in [-0.39, 0.29) is 6.07 Å². The molecule has 1 aromatic carbocycles. The molecule has 0 bridgehead atoms. The number of benzene rings is 1. The van der Waals surface area contributed by atoms with E-state index in [4.69, 9.17) is 18.2 Å². The van der Waals surface area contributed by atoms with Crippen molar-refractivity contribution in [2.45, 2.75) is 6.18 Å². The molecule has 1 aromatic rings. The van der Waals surface area contributed by atoms with Crippen molar-refractivity contribution < 1.29 is 18.1 Å². The van der Waals surface area contributed by atoms with Crippen molar-refractivity contribution in [1.82, 2.24) is 0 Å². The molecule has 0 radical (unpaired) electrons. The van der Waals surface area contributed by atoms with Crippen LogP contribution >= 0.6 is 11.6 Å². The predicted molar refractivity (Wildman–Crippen MR) is 49.4 cm³/mol. The van der Waals surface area contributed by atoms with Crippen molar-refractivity contribution >= 4 is 23.0 Å². The van der Waals surface area contributed by atoms with E-state index >= 15 is 0 Å². The van der Waals surface area contributed by atoms with Crippen LogP contribution in [0, 0.1) is 16.7 Å². The van der Waals surface area contributed by atoms with Gasteiger partial charge in [-0.25, -0.2) is 4.85 Å². The van der Waals surface area contributed by atoms with E-state index in [1.807, 2.05) is 0 Å². The van der Waals surface area contributed by atoms with Gasteiger partial charge in [0.2, 0.25) is 0 Å². The summed E-state index contributed by atoms with van der Waals surface area (Å²) in [5.74, 6) is 0. The monoisotopic (exact) mass is 250 g/mol. The van der Waals surface area contributed by atoms with Gasteiger partial charge in [0, 0.05) is 11.1 Å². The van der Waals surface area contributed by atoms with Gasteiger partial charge in [0.1, 0.15) is 0 Å². The maximum atomic E-state index is 12.3. The van der Waals surface area contributed by atoms with Crippen LogP contribution < -0.4 is 0 Å². The lowest BCUT2D eigenvalue weighted by Gasteiger charge is -2.08. The maximum absolute atomic E-state index is 12.3. The molecule has 0 saturated heterocycles. The summed E-state index contributed by atoms with van der Waals surface area (Å²) in [6, 6.07) is 0.894. The molecule has 16 heavy (non-hydrogen) atoms. The molecule has 0 aliphatic rings. The standard InChI is InChI=1S/C8H2ClF3N2O2/c1-13-6-3-5(9)4(8(10,11)12)2-7(6)14(15)16/h2-3H. The van der Waals surface area contributed by atoms with Crippen molar-refractivity contribution in [3.63, 3.8) is 0 Å². The molecule has 8 heteroatoms. The number of alkyl halides is 3. The van der Waals surface area contributed by atoms with Crippen LogP contribution in [0.1, 0.15) is 5.56 Å². The van der Waals surface area contributed by atoms with Crippen LogP contribution in [0.5, 0.6) is 0 Å². The van der Waals surface area contributed by atoms with Crippen molar-refractivity contribution in [2.24, 2.45) is 0 Å². The second-order valence-electron chi connectivity index (χ2n) is 2.69. The highest BCUT2D eigenvalue weighted by Crippen LogP contribution is 2.41. The number of nitro groups is 1. The van der Waals surface area contributed by atoms with Crippen LogP contribution in [0.15, 0.2) is 12.1 Å². The Hall–Kier alpha value is -1.81. The van der Waals surface area contributed by atoms with Crippen LogP contribution in [-0.4, -0.2) is 4.92 Å². The summed E-state index contributed by atoms with van der Waals surface area (Å²) in [5.41, 5.74) is -2.76. The third kappa shape index (κ3) is 2.23. The molecule has 0 aliphatic heterocycles. The molecule has 0 N–H and O–H groups in total. The average molecular weight is 251 g/mol. The highest BCUT2D eigenvalue weighted by molar-refractivity contribution is 6.31. The van der Waals surface area contributed by atoms with E-state index in [2.05, 4.69) is 4.85 Å². The first-order chi connectivity index (χ1) is 7.27. The summed E-state index contributed by atoms with van der Waals surface area (Å²) >= 11 is 5.28. The predicted octanol–water partition coefficient (Wildman–Crippen LogP) is 3.82. The molecule has 0 unspecified atom stereocenters. The lowest BCUT2D eigenvalue weighted by molar-refractivity contribution is -0.384. The highest BCUT2D eigenvalue weighted by atomic mass is 35.5. The Kier molecular flexibility index (Phi) is 3.05. The van der Waals surface area contributed by atoms with Gasteiger partial charge < -0.3 is 0 Å². The first-order valence-electron chi connectivity index (χ1n) is 3.70. The van der Waals surface area contributed by atoms with Crippen molar-refractivity contribution in [3.05, 3.63) is 44.3 Å². The number of hydrogen-bond acceptors (Lipinski definition) is 2. The van der Waals surface area contributed by atoms with Crippen molar-refractivity contribution in [2.75, 3.05) is 0 Å². The summed E-state index contributed by atoms with van der Waals surface area (Å²) in [4.78, 5) is 12.1. The highest BCUT2D eigenvalue weighted by Gasteiger charge is 2.35. The second kappa shape index (κ2) is 3.98. The van der Waals surface area contributed by atoms with Gasteiger partial charge in [-0.3, -0.25) is 10.1 Å². The number of halogens is 4. The zero-order valence-electron chi connectivity index (χ0n) is 7.38. The summed E-state index contributed by atoms with van der Waals surface area (Å²) in [5, 5.41) is 9.69. The first-order valence-corrected chi connectivity index (χ1v) is 4.07. The number of nitrogens with zero attached hydrogens (tertiary/aromatic N) is 2. The molecule has 0 heterocycles. The normalized spacial score (nSPS) is 10.9. The first kappa shape index (κ1) is 12.3. The van der Waals surface area contributed by atoms with E-state index in [0.717, 1.165) is 0 Å². The molecule has 0 aromatic heterocycles. The van der Waals surface area contributed by atoms with Crippen LogP contribution in [0.3, 0.4) is 0 Å². The quantitative estimate of drug-likeness (QED) is 0.432. The minimum atomic E-state index is -4.79. The van der Waals surface area contributed by atoms with E-state index in [9.17, 15) is 23.3 Å². The minimum absolute atomic E-state index is 0.260. The maximum Gasteiger partial charge on any atom is 0.417 e.